The number of carbonyl (C=O) groups is 1. The van der Waals surface area contributed by atoms with E-state index in [4.69, 9.17) is 9.47 Å². The summed E-state index contributed by atoms with van der Waals surface area (Å²) in [5, 5.41) is 3.35. The van der Waals surface area contributed by atoms with E-state index >= 15 is 0 Å². The lowest BCUT2D eigenvalue weighted by Gasteiger charge is -2.30. The number of nitrogens with zero attached hydrogens (tertiary/aromatic N) is 2. The minimum atomic E-state index is 0.0169. The zero-order valence-corrected chi connectivity index (χ0v) is 14.9. The van der Waals surface area contributed by atoms with Crippen molar-refractivity contribution in [1.29, 1.82) is 0 Å². The lowest BCUT2D eigenvalue weighted by atomic mass is 10.00. The van der Waals surface area contributed by atoms with Gasteiger partial charge in [-0.25, -0.2) is 0 Å². The fourth-order valence-corrected chi connectivity index (χ4v) is 3.45. The molecule has 3 heterocycles. The molecule has 0 aliphatic carbocycles. The number of amides is 1. The second-order valence-corrected chi connectivity index (χ2v) is 6.97. The normalized spacial score (nSPS) is 18.7. The van der Waals surface area contributed by atoms with Gasteiger partial charge in [0.2, 0.25) is 6.79 Å². The van der Waals surface area contributed by atoms with Crippen LogP contribution < -0.4 is 14.8 Å². The van der Waals surface area contributed by atoms with E-state index in [0.29, 0.717) is 18.2 Å². The summed E-state index contributed by atoms with van der Waals surface area (Å²) >= 11 is 0. The number of ether oxygens (including phenoxy) is 2. The number of likely N-dealkylation sites (tertiary alicyclic amines) is 1. The molecule has 1 amide bonds. The molecule has 0 spiro atoms. The maximum Gasteiger partial charge on any atom is 0.272 e. The smallest absolute Gasteiger partial charge is 0.272 e. The van der Waals surface area contributed by atoms with Gasteiger partial charge < -0.3 is 19.7 Å². The average molecular weight is 353 g/mol. The molecule has 2 aliphatic heterocycles. The summed E-state index contributed by atoms with van der Waals surface area (Å²) in [6, 6.07) is 9.59. The third kappa shape index (κ3) is 3.59. The Morgan fingerprint density at radius 1 is 1.27 bits per heavy atom. The van der Waals surface area contributed by atoms with Crippen molar-refractivity contribution < 1.29 is 14.3 Å². The Balaban J connectivity index is 1.41. The third-order valence-corrected chi connectivity index (χ3v) is 4.86. The van der Waals surface area contributed by atoms with E-state index in [-0.39, 0.29) is 12.7 Å². The molecule has 1 saturated heterocycles. The number of pyridine rings is 1. The molecule has 6 heteroatoms. The maximum atomic E-state index is 12.7. The SMILES string of the molecule is CC1CCCN(C(=O)c2cc(NCc3ccc4c(c3)OCO4)ccn2)C1. The summed E-state index contributed by atoms with van der Waals surface area (Å²) < 4.78 is 10.7. The van der Waals surface area contributed by atoms with Crippen LogP contribution in [0.3, 0.4) is 0 Å². The number of anilines is 1. The van der Waals surface area contributed by atoms with Crippen molar-refractivity contribution in [2.75, 3.05) is 25.2 Å². The zero-order valence-electron chi connectivity index (χ0n) is 14.9. The highest BCUT2D eigenvalue weighted by Gasteiger charge is 2.23. The molecule has 2 aromatic rings. The van der Waals surface area contributed by atoms with Crippen LogP contribution in [0.15, 0.2) is 36.5 Å². The van der Waals surface area contributed by atoms with Gasteiger partial charge >= 0.3 is 0 Å². The lowest BCUT2D eigenvalue weighted by Crippen LogP contribution is -2.39. The molecule has 1 aromatic heterocycles. The summed E-state index contributed by atoms with van der Waals surface area (Å²) in [5.74, 6) is 2.12. The molecule has 6 nitrogen and oxygen atoms in total. The average Bonchev–Trinajstić information content (AvgIpc) is 3.14. The van der Waals surface area contributed by atoms with E-state index in [2.05, 4.69) is 17.2 Å². The Bertz CT molecular complexity index is 809. The fourth-order valence-electron chi connectivity index (χ4n) is 3.45. The first-order valence-corrected chi connectivity index (χ1v) is 9.07. The van der Waals surface area contributed by atoms with Gasteiger partial charge in [-0.3, -0.25) is 9.78 Å². The molecule has 136 valence electrons. The molecule has 1 atom stereocenters. The van der Waals surface area contributed by atoms with Crippen LogP contribution in [-0.2, 0) is 6.54 Å². The summed E-state index contributed by atoms with van der Waals surface area (Å²) in [6.07, 6.45) is 3.94. The second kappa shape index (κ2) is 7.23. The van der Waals surface area contributed by atoms with Crippen LogP contribution in [0.5, 0.6) is 11.5 Å². The number of nitrogens with one attached hydrogen (secondary N) is 1. The predicted octanol–water partition coefficient (Wildman–Crippen LogP) is 3.29. The van der Waals surface area contributed by atoms with E-state index in [9.17, 15) is 4.79 Å². The van der Waals surface area contributed by atoms with Gasteiger partial charge in [-0.1, -0.05) is 13.0 Å². The highest BCUT2D eigenvalue weighted by molar-refractivity contribution is 5.93. The molecule has 1 aromatic carbocycles. The van der Waals surface area contributed by atoms with Crippen molar-refractivity contribution in [1.82, 2.24) is 9.88 Å². The van der Waals surface area contributed by atoms with Crippen molar-refractivity contribution in [2.24, 2.45) is 5.92 Å². The largest absolute Gasteiger partial charge is 0.454 e. The Hall–Kier alpha value is -2.76. The molecule has 1 unspecified atom stereocenters. The lowest BCUT2D eigenvalue weighted by molar-refractivity contribution is 0.0677. The van der Waals surface area contributed by atoms with Gasteiger partial charge in [0.1, 0.15) is 5.69 Å². The number of aromatic nitrogens is 1. The van der Waals surface area contributed by atoms with Gasteiger partial charge in [-0.2, -0.15) is 0 Å². The number of rotatable bonds is 4. The maximum absolute atomic E-state index is 12.7. The first-order chi connectivity index (χ1) is 12.7. The number of fused-ring (bicyclic) bond motifs is 1. The standard InChI is InChI=1S/C20H23N3O3/c1-14-3-2-8-23(12-14)20(24)17-10-16(6-7-21-17)22-11-15-4-5-18-19(9-15)26-13-25-18/h4-7,9-10,14H,2-3,8,11-13H2,1H3,(H,21,22). The summed E-state index contributed by atoms with van der Waals surface area (Å²) in [7, 11) is 0. The monoisotopic (exact) mass is 353 g/mol. The Kier molecular flexibility index (Phi) is 4.65. The van der Waals surface area contributed by atoms with Gasteiger partial charge in [-0.15, -0.1) is 0 Å². The predicted molar refractivity (Wildman–Crippen MR) is 98.4 cm³/mol. The molecule has 0 bridgehead atoms. The fraction of sp³-hybridized carbons (Fsp3) is 0.400. The number of carbonyl (C=O) groups excluding carboxylic acids is 1. The number of hydrogen-bond acceptors (Lipinski definition) is 5. The first-order valence-electron chi connectivity index (χ1n) is 9.07. The molecule has 0 radical (unpaired) electrons. The van der Waals surface area contributed by atoms with Crippen LogP contribution in [0.2, 0.25) is 0 Å². The summed E-state index contributed by atoms with van der Waals surface area (Å²) in [4.78, 5) is 18.9. The van der Waals surface area contributed by atoms with E-state index in [1.54, 1.807) is 6.20 Å². The van der Waals surface area contributed by atoms with Crippen LogP contribution in [0.4, 0.5) is 5.69 Å². The number of piperidine rings is 1. The van der Waals surface area contributed by atoms with Crippen molar-refractivity contribution in [3.63, 3.8) is 0 Å². The van der Waals surface area contributed by atoms with Gasteiger partial charge in [0.15, 0.2) is 11.5 Å². The van der Waals surface area contributed by atoms with Crippen molar-refractivity contribution >= 4 is 11.6 Å². The molecule has 4 rings (SSSR count). The Morgan fingerprint density at radius 3 is 3.04 bits per heavy atom. The van der Waals surface area contributed by atoms with Crippen LogP contribution in [0.25, 0.3) is 0 Å². The Morgan fingerprint density at radius 2 is 2.15 bits per heavy atom. The van der Waals surface area contributed by atoms with Crippen LogP contribution in [-0.4, -0.2) is 35.7 Å². The van der Waals surface area contributed by atoms with Crippen molar-refractivity contribution in [2.45, 2.75) is 26.3 Å². The summed E-state index contributed by atoms with van der Waals surface area (Å²) in [6.45, 7) is 4.73. The highest BCUT2D eigenvalue weighted by Crippen LogP contribution is 2.32. The van der Waals surface area contributed by atoms with Crippen molar-refractivity contribution in [3.05, 3.63) is 47.8 Å². The highest BCUT2D eigenvalue weighted by atomic mass is 16.7. The number of hydrogen-bond donors (Lipinski definition) is 1. The van der Waals surface area contributed by atoms with Crippen LogP contribution in [0, 0.1) is 5.92 Å². The second-order valence-electron chi connectivity index (χ2n) is 6.97. The van der Waals surface area contributed by atoms with Crippen LogP contribution >= 0.6 is 0 Å². The van der Waals surface area contributed by atoms with Gasteiger partial charge in [-0.05, 0) is 48.6 Å². The van der Waals surface area contributed by atoms with Gasteiger partial charge in [0.05, 0.1) is 0 Å². The molecule has 0 saturated carbocycles. The molecular weight excluding hydrogens is 330 g/mol. The van der Waals surface area contributed by atoms with Gasteiger partial charge in [0, 0.05) is 31.5 Å². The molecule has 26 heavy (non-hydrogen) atoms. The third-order valence-electron chi connectivity index (χ3n) is 4.86. The van der Waals surface area contributed by atoms with E-state index in [0.717, 1.165) is 42.3 Å². The minimum Gasteiger partial charge on any atom is -0.454 e. The Labute approximate surface area is 153 Å². The number of benzene rings is 1. The molecular formula is C20H23N3O3. The molecule has 2 aliphatic rings. The topological polar surface area (TPSA) is 63.7 Å². The van der Waals surface area contributed by atoms with Gasteiger partial charge in [0.25, 0.3) is 5.91 Å². The summed E-state index contributed by atoms with van der Waals surface area (Å²) in [5.41, 5.74) is 2.46. The van der Waals surface area contributed by atoms with Crippen molar-refractivity contribution in [3.8, 4) is 11.5 Å². The zero-order chi connectivity index (χ0) is 17.9. The minimum absolute atomic E-state index is 0.0169. The molecule has 1 N–H and O–H groups in total. The van der Waals surface area contributed by atoms with E-state index in [1.165, 1.54) is 6.42 Å². The quantitative estimate of drug-likeness (QED) is 0.914. The molecule has 1 fully saturated rings. The van der Waals surface area contributed by atoms with E-state index in [1.807, 2.05) is 35.2 Å². The first kappa shape index (κ1) is 16.7. The van der Waals surface area contributed by atoms with E-state index < -0.39 is 0 Å². The van der Waals surface area contributed by atoms with Crippen LogP contribution in [0.1, 0.15) is 35.8 Å².